The number of aliphatic hydroxyl groups excluding tert-OH is 4. The molecule has 178 valence electrons. The van der Waals surface area contributed by atoms with Gasteiger partial charge in [-0.25, -0.2) is 0 Å². The standard InChI is InChI=1S/C18H22I3N3O8/c1-6(27)22-14-11(19)10(12(20)15(13(14)21)24(3)7(2)28)18(32)23-8(4-25)16(30)17(31)9(29)5-26/h4,8-9,16-17,26,29-31H,5H2,1-3H3,(H,22,27)(H,23,32)/t8-,9-,16+,17-/m1/s1. The highest BCUT2D eigenvalue weighted by molar-refractivity contribution is 14.1. The fourth-order valence-corrected chi connectivity index (χ4v) is 7.21. The van der Waals surface area contributed by atoms with Crippen molar-refractivity contribution in [3.05, 3.63) is 16.3 Å². The van der Waals surface area contributed by atoms with E-state index in [1.807, 2.05) is 67.8 Å². The number of nitrogens with zero attached hydrogens (tertiary/aromatic N) is 1. The molecule has 4 atom stereocenters. The Bertz CT molecular complexity index is 914. The first kappa shape index (κ1) is 29.4. The number of rotatable bonds is 9. The molecule has 0 unspecified atom stereocenters. The molecule has 14 heteroatoms. The normalized spacial score (nSPS) is 14.7. The van der Waals surface area contributed by atoms with E-state index in [1.165, 1.54) is 25.8 Å². The second-order valence-corrected chi connectivity index (χ2v) is 9.90. The Morgan fingerprint density at radius 3 is 2.03 bits per heavy atom. The summed E-state index contributed by atoms with van der Waals surface area (Å²) in [7, 11) is 1.50. The minimum absolute atomic E-state index is 0.0229. The maximum atomic E-state index is 13.1. The van der Waals surface area contributed by atoms with Gasteiger partial charge in [0.05, 0.1) is 34.3 Å². The number of amides is 3. The van der Waals surface area contributed by atoms with E-state index in [-0.39, 0.29) is 23.4 Å². The van der Waals surface area contributed by atoms with Crippen molar-refractivity contribution in [2.45, 2.75) is 38.2 Å². The van der Waals surface area contributed by atoms with Crippen LogP contribution in [0.2, 0.25) is 0 Å². The second-order valence-electron chi connectivity index (χ2n) is 6.67. The van der Waals surface area contributed by atoms with Crippen molar-refractivity contribution in [3.63, 3.8) is 0 Å². The highest BCUT2D eigenvalue weighted by Gasteiger charge is 2.34. The molecule has 0 aliphatic rings. The third-order valence-electron chi connectivity index (χ3n) is 4.37. The van der Waals surface area contributed by atoms with Crippen LogP contribution in [0.5, 0.6) is 0 Å². The van der Waals surface area contributed by atoms with Crippen LogP contribution in [-0.2, 0) is 14.4 Å². The molecule has 0 saturated heterocycles. The van der Waals surface area contributed by atoms with Gasteiger partial charge in [-0.2, -0.15) is 0 Å². The molecule has 6 N–H and O–H groups in total. The van der Waals surface area contributed by atoms with Gasteiger partial charge in [0.25, 0.3) is 5.91 Å². The summed E-state index contributed by atoms with van der Waals surface area (Å²) in [4.78, 5) is 49.6. The predicted octanol–water partition coefficient (Wildman–Crippen LogP) is -0.186. The van der Waals surface area contributed by atoms with Crippen molar-refractivity contribution in [2.75, 3.05) is 23.9 Å². The fraction of sp³-hybridized carbons (Fsp3) is 0.444. The second kappa shape index (κ2) is 12.7. The maximum Gasteiger partial charge on any atom is 0.254 e. The lowest BCUT2D eigenvalue weighted by molar-refractivity contribution is -0.119. The van der Waals surface area contributed by atoms with Crippen LogP contribution in [-0.4, -0.2) is 82.4 Å². The average Bonchev–Trinajstić information content (AvgIpc) is 2.72. The van der Waals surface area contributed by atoms with E-state index in [2.05, 4.69) is 10.6 Å². The first-order valence-corrected chi connectivity index (χ1v) is 12.2. The molecular weight excluding hydrogens is 767 g/mol. The highest BCUT2D eigenvalue weighted by Crippen LogP contribution is 2.40. The third kappa shape index (κ3) is 6.69. The number of benzene rings is 1. The Balaban J connectivity index is 3.57. The van der Waals surface area contributed by atoms with Gasteiger partial charge in [0.1, 0.15) is 30.6 Å². The summed E-state index contributed by atoms with van der Waals surface area (Å²) in [6.07, 6.45) is -5.36. The minimum Gasteiger partial charge on any atom is -0.394 e. The monoisotopic (exact) mass is 789 g/mol. The molecule has 0 fully saturated rings. The fourth-order valence-electron chi connectivity index (χ4n) is 2.56. The largest absolute Gasteiger partial charge is 0.394 e. The molecule has 11 nitrogen and oxygen atoms in total. The van der Waals surface area contributed by atoms with E-state index in [0.29, 0.717) is 16.4 Å². The van der Waals surface area contributed by atoms with Gasteiger partial charge in [0.2, 0.25) is 11.8 Å². The Labute approximate surface area is 224 Å². The zero-order valence-corrected chi connectivity index (χ0v) is 23.6. The lowest BCUT2D eigenvalue weighted by atomic mass is 10.0. The van der Waals surface area contributed by atoms with E-state index >= 15 is 0 Å². The number of hydrogen-bond acceptors (Lipinski definition) is 8. The SMILES string of the molecule is CC(=O)Nc1c(I)c(C(=O)N[C@H](C=O)[C@H](O)[C@H](O)[C@H](O)CO)c(I)c(N(C)C(C)=O)c1I. The van der Waals surface area contributed by atoms with E-state index in [9.17, 15) is 34.5 Å². The van der Waals surface area contributed by atoms with Crippen molar-refractivity contribution in [1.29, 1.82) is 0 Å². The van der Waals surface area contributed by atoms with E-state index in [1.54, 1.807) is 0 Å². The van der Waals surface area contributed by atoms with Gasteiger partial charge in [0.15, 0.2) is 0 Å². The van der Waals surface area contributed by atoms with Crippen molar-refractivity contribution in [3.8, 4) is 0 Å². The minimum atomic E-state index is -1.91. The maximum absolute atomic E-state index is 13.1. The molecule has 32 heavy (non-hydrogen) atoms. The van der Waals surface area contributed by atoms with Crippen LogP contribution in [0, 0.1) is 10.7 Å². The molecule has 0 heterocycles. The summed E-state index contributed by atoms with van der Waals surface area (Å²) in [5.74, 6) is -1.57. The van der Waals surface area contributed by atoms with Crippen LogP contribution < -0.4 is 15.5 Å². The first-order chi connectivity index (χ1) is 14.8. The van der Waals surface area contributed by atoms with Crippen LogP contribution in [0.1, 0.15) is 24.2 Å². The van der Waals surface area contributed by atoms with Gasteiger partial charge in [-0.15, -0.1) is 0 Å². The molecule has 0 bridgehead atoms. The van der Waals surface area contributed by atoms with Gasteiger partial charge in [0, 0.05) is 20.9 Å². The number of aliphatic hydroxyl groups is 4. The number of anilines is 2. The van der Waals surface area contributed by atoms with Crippen LogP contribution >= 0.6 is 67.8 Å². The van der Waals surface area contributed by atoms with Gasteiger partial charge in [-0.3, -0.25) is 14.4 Å². The zero-order chi connectivity index (χ0) is 24.9. The number of halogens is 3. The molecule has 0 aliphatic carbocycles. The lowest BCUT2D eigenvalue weighted by Crippen LogP contribution is -2.53. The molecule has 1 aromatic rings. The first-order valence-electron chi connectivity index (χ1n) is 8.93. The smallest absolute Gasteiger partial charge is 0.254 e. The molecule has 0 aliphatic heterocycles. The zero-order valence-electron chi connectivity index (χ0n) is 17.1. The van der Waals surface area contributed by atoms with Crippen LogP contribution in [0.15, 0.2) is 0 Å². The summed E-state index contributed by atoms with van der Waals surface area (Å²) in [6.45, 7) is 1.74. The third-order valence-corrected chi connectivity index (χ3v) is 7.55. The molecule has 0 radical (unpaired) electrons. The number of hydrogen-bond donors (Lipinski definition) is 6. The summed E-state index contributed by atoms with van der Waals surface area (Å²) in [6, 6.07) is -1.62. The Kier molecular flexibility index (Phi) is 11.7. The van der Waals surface area contributed by atoms with Gasteiger partial charge in [-0.1, -0.05) is 0 Å². The van der Waals surface area contributed by atoms with Gasteiger partial charge in [-0.05, 0) is 67.8 Å². The molecule has 0 saturated carbocycles. The molecule has 0 aromatic heterocycles. The van der Waals surface area contributed by atoms with Gasteiger partial charge < -0.3 is 40.8 Å². The van der Waals surface area contributed by atoms with E-state index in [4.69, 9.17) is 5.11 Å². The van der Waals surface area contributed by atoms with Crippen molar-refractivity contribution < 1.29 is 39.6 Å². The number of carbonyl (C=O) groups is 4. The number of nitrogens with one attached hydrogen (secondary N) is 2. The van der Waals surface area contributed by atoms with Crippen LogP contribution in [0.25, 0.3) is 0 Å². The average molecular weight is 789 g/mol. The Morgan fingerprint density at radius 1 is 1.03 bits per heavy atom. The van der Waals surface area contributed by atoms with Crippen molar-refractivity contribution in [1.82, 2.24) is 5.32 Å². The highest BCUT2D eigenvalue weighted by atomic mass is 127. The molecule has 0 spiro atoms. The van der Waals surface area contributed by atoms with Crippen molar-refractivity contribution in [2.24, 2.45) is 0 Å². The van der Waals surface area contributed by atoms with Crippen molar-refractivity contribution >= 4 is 103 Å². The summed E-state index contributed by atoms with van der Waals surface area (Å²) in [5.41, 5.74) is 0.660. The van der Waals surface area contributed by atoms with E-state index < -0.39 is 42.8 Å². The van der Waals surface area contributed by atoms with Crippen LogP contribution in [0.3, 0.4) is 0 Å². The Morgan fingerprint density at radius 2 is 1.59 bits per heavy atom. The molecule has 1 aromatic carbocycles. The number of carbonyl (C=O) groups excluding carboxylic acids is 4. The predicted molar refractivity (Wildman–Crippen MR) is 140 cm³/mol. The quantitative estimate of drug-likeness (QED) is 0.148. The topological polar surface area (TPSA) is 176 Å². The lowest BCUT2D eigenvalue weighted by Gasteiger charge is -2.27. The Hall–Kier alpha value is -0.670. The number of aldehydes is 1. The molecular formula is C18H22I3N3O8. The summed E-state index contributed by atoms with van der Waals surface area (Å²) < 4.78 is 1.17. The van der Waals surface area contributed by atoms with Crippen LogP contribution in [0.4, 0.5) is 11.4 Å². The van der Waals surface area contributed by atoms with Gasteiger partial charge >= 0.3 is 0 Å². The van der Waals surface area contributed by atoms with E-state index in [0.717, 1.165) is 0 Å². The molecule has 1 rings (SSSR count). The summed E-state index contributed by atoms with van der Waals surface area (Å²) in [5, 5.41) is 43.4. The molecule has 3 amide bonds. The summed E-state index contributed by atoms with van der Waals surface area (Å²) >= 11 is 5.65.